The molecule has 0 bridgehead atoms. The monoisotopic (exact) mass is 194 g/mol. The molecule has 0 aliphatic rings. The number of nitrogens with zero attached hydrogens (tertiary/aromatic N) is 3. The summed E-state index contributed by atoms with van der Waals surface area (Å²) in [5.74, 6) is -0.338. The van der Waals surface area contributed by atoms with Crippen LogP contribution in [0.4, 0.5) is 4.39 Å². The standard InChI is InChI=1S/C8H5FN2O2.N/c9-6-1-3-7(4-2-6)11-5-8(12)13-10-11;/h1-5H;. The van der Waals surface area contributed by atoms with Crippen LogP contribution in [0.15, 0.2) is 39.8 Å². The van der Waals surface area contributed by atoms with E-state index in [4.69, 9.17) is 0 Å². The minimum absolute atomic E-state index is 0. The van der Waals surface area contributed by atoms with Gasteiger partial charge in [0.1, 0.15) is 5.82 Å². The van der Waals surface area contributed by atoms with Gasteiger partial charge in [0.05, 0.1) is 0 Å². The maximum Gasteiger partial charge on any atom is 0.389 e. The smallest absolute Gasteiger partial charge is 0.389 e. The van der Waals surface area contributed by atoms with Crippen molar-refractivity contribution in [1.29, 1.82) is 0 Å². The minimum Gasteiger partial charge on any atom is -0.471 e. The Labute approximate surface area is 78.3 Å². The Kier molecular flexibility index (Phi) is 2.78. The summed E-state index contributed by atoms with van der Waals surface area (Å²) < 4.78 is 18.0. The number of rotatable bonds is 1. The van der Waals surface area contributed by atoms with E-state index < -0.39 is 5.63 Å². The van der Waals surface area contributed by atoms with E-state index in [1.807, 2.05) is 0 Å². The van der Waals surface area contributed by atoms with E-state index in [0.717, 1.165) is 0 Å². The Balaban J connectivity index is 0.000000980. The lowest BCUT2D eigenvalue weighted by Gasteiger charge is -1.94. The predicted molar refractivity (Wildman–Crippen MR) is 41.9 cm³/mol. The van der Waals surface area contributed by atoms with Crippen molar-refractivity contribution < 1.29 is 13.6 Å². The lowest BCUT2D eigenvalue weighted by molar-refractivity contribution is -0.676. The van der Waals surface area contributed by atoms with E-state index in [1.54, 1.807) is 0 Å². The van der Waals surface area contributed by atoms with Gasteiger partial charge >= 0.3 is 5.63 Å². The van der Waals surface area contributed by atoms with E-state index in [0.29, 0.717) is 5.69 Å². The van der Waals surface area contributed by atoms with Gasteiger partial charge < -0.3 is 4.52 Å². The topological polar surface area (TPSA) is 78.7 Å². The molecular formula is C8H5FN3O2. The molecular weight excluding hydrogens is 189 g/mol. The molecule has 0 aliphatic carbocycles. The molecule has 14 heavy (non-hydrogen) atoms. The Morgan fingerprint density at radius 2 is 1.93 bits per heavy atom. The van der Waals surface area contributed by atoms with Gasteiger partial charge in [-0.15, -0.1) is 0 Å². The van der Waals surface area contributed by atoms with Crippen LogP contribution in [0.3, 0.4) is 0 Å². The van der Waals surface area contributed by atoms with Crippen molar-refractivity contribution in [2.45, 2.75) is 0 Å². The first-order valence-electron chi connectivity index (χ1n) is 3.57. The molecule has 5 nitrogen and oxygen atoms in total. The maximum atomic E-state index is 12.5. The SMILES string of the molecule is O=c1c[n+](-c2ccc(F)cc2)[n-]o1.[N]. The average molecular weight is 194 g/mol. The third-order valence-electron chi connectivity index (χ3n) is 1.54. The molecule has 0 unspecified atom stereocenters. The number of halogens is 1. The zero-order chi connectivity index (χ0) is 9.26. The van der Waals surface area contributed by atoms with Crippen molar-refractivity contribution in [3.8, 4) is 5.69 Å². The average Bonchev–Trinajstić information content (AvgIpc) is 2.53. The van der Waals surface area contributed by atoms with Crippen LogP contribution in [0, 0.1) is 5.82 Å². The second-order valence-electron chi connectivity index (χ2n) is 2.44. The van der Waals surface area contributed by atoms with Crippen LogP contribution in [0.2, 0.25) is 0 Å². The first-order valence-corrected chi connectivity index (χ1v) is 3.57. The molecule has 0 saturated heterocycles. The fourth-order valence-corrected chi connectivity index (χ4v) is 0.947. The summed E-state index contributed by atoms with van der Waals surface area (Å²) >= 11 is 0. The van der Waals surface area contributed by atoms with Gasteiger partial charge in [0.15, 0.2) is 0 Å². The molecule has 71 valence electrons. The molecule has 0 spiro atoms. The quantitative estimate of drug-likeness (QED) is 0.576. The Morgan fingerprint density at radius 3 is 2.43 bits per heavy atom. The van der Waals surface area contributed by atoms with Gasteiger partial charge in [0.2, 0.25) is 5.69 Å². The molecule has 0 fully saturated rings. The third-order valence-corrected chi connectivity index (χ3v) is 1.54. The Morgan fingerprint density at radius 1 is 1.29 bits per heavy atom. The zero-order valence-corrected chi connectivity index (χ0v) is 6.92. The largest absolute Gasteiger partial charge is 0.471 e. The molecule has 0 aliphatic heterocycles. The summed E-state index contributed by atoms with van der Waals surface area (Å²) in [5.41, 5.74) is 0.0385. The molecule has 0 atom stereocenters. The molecule has 0 N–H and O–H groups in total. The molecule has 0 amide bonds. The lowest BCUT2D eigenvalue weighted by Crippen LogP contribution is -2.33. The summed E-state index contributed by atoms with van der Waals surface area (Å²) in [6.07, 6.45) is 1.17. The fraction of sp³-hybridized carbons (Fsp3) is 0. The summed E-state index contributed by atoms with van der Waals surface area (Å²) in [7, 11) is 0. The lowest BCUT2D eigenvalue weighted by atomic mass is 10.3. The minimum atomic E-state index is -0.538. The normalized spacial score (nSPS) is 9.50. The molecule has 3 radical (unpaired) electrons. The van der Waals surface area contributed by atoms with Crippen molar-refractivity contribution in [3.05, 3.63) is 46.7 Å². The van der Waals surface area contributed by atoms with Gasteiger partial charge in [0, 0.05) is 18.3 Å². The molecule has 1 heterocycles. The second-order valence-corrected chi connectivity index (χ2v) is 2.44. The fourth-order valence-electron chi connectivity index (χ4n) is 0.947. The van der Waals surface area contributed by atoms with E-state index in [9.17, 15) is 9.18 Å². The number of aromatic nitrogens is 2. The van der Waals surface area contributed by atoms with Crippen molar-refractivity contribution in [1.82, 2.24) is 11.4 Å². The van der Waals surface area contributed by atoms with Crippen LogP contribution < -0.4 is 21.7 Å². The van der Waals surface area contributed by atoms with Crippen LogP contribution in [0.1, 0.15) is 0 Å². The van der Waals surface area contributed by atoms with Crippen LogP contribution in [-0.2, 0) is 0 Å². The zero-order valence-electron chi connectivity index (χ0n) is 6.92. The van der Waals surface area contributed by atoms with Gasteiger partial charge in [-0.25, -0.2) is 19.1 Å². The second kappa shape index (κ2) is 3.84. The van der Waals surface area contributed by atoms with Gasteiger partial charge in [-0.1, -0.05) is 0 Å². The van der Waals surface area contributed by atoms with Crippen molar-refractivity contribution in [2.75, 3.05) is 0 Å². The highest BCUT2D eigenvalue weighted by molar-refractivity contribution is 5.21. The third kappa shape index (κ3) is 1.86. The van der Waals surface area contributed by atoms with Crippen LogP contribution >= 0.6 is 0 Å². The highest BCUT2D eigenvalue weighted by Gasteiger charge is 2.02. The summed E-state index contributed by atoms with van der Waals surface area (Å²) in [6.45, 7) is 0. The van der Waals surface area contributed by atoms with E-state index in [1.165, 1.54) is 35.1 Å². The van der Waals surface area contributed by atoms with Crippen molar-refractivity contribution in [2.24, 2.45) is 0 Å². The van der Waals surface area contributed by atoms with Crippen LogP contribution in [0.5, 0.6) is 0 Å². The summed E-state index contributed by atoms with van der Waals surface area (Å²) in [5, 5.41) is 3.42. The predicted octanol–water partition coefficient (Wildman–Crippen LogP) is -0.468. The van der Waals surface area contributed by atoms with Crippen molar-refractivity contribution >= 4 is 0 Å². The van der Waals surface area contributed by atoms with E-state index in [2.05, 4.69) is 9.79 Å². The highest BCUT2D eigenvalue weighted by Crippen LogP contribution is 2.00. The van der Waals surface area contributed by atoms with Gasteiger partial charge in [0.25, 0.3) is 6.20 Å². The molecule has 6 heteroatoms. The maximum absolute atomic E-state index is 12.5. The molecule has 1 aromatic carbocycles. The first kappa shape index (κ1) is 10.1. The Bertz CT molecular complexity index is 460. The van der Waals surface area contributed by atoms with E-state index in [-0.39, 0.29) is 12.0 Å². The Hall–Kier alpha value is -1.95. The van der Waals surface area contributed by atoms with Gasteiger partial charge in [-0.05, 0) is 12.1 Å². The first-order chi connectivity index (χ1) is 6.25. The molecule has 1 aromatic heterocycles. The van der Waals surface area contributed by atoms with Crippen LogP contribution in [-0.4, -0.2) is 0 Å². The summed E-state index contributed by atoms with van der Waals surface area (Å²) in [4.78, 5) is 10.6. The number of hydrogen-bond donors (Lipinski definition) is 0. The van der Waals surface area contributed by atoms with E-state index >= 15 is 0 Å². The summed E-state index contributed by atoms with van der Waals surface area (Å²) in [6, 6.07) is 5.55. The van der Waals surface area contributed by atoms with Gasteiger partial charge in [-0.2, -0.15) is 0 Å². The highest BCUT2D eigenvalue weighted by atomic mass is 19.1. The number of benzene rings is 1. The van der Waals surface area contributed by atoms with Gasteiger partial charge in [-0.3, -0.25) is 0 Å². The molecule has 0 saturated carbocycles. The van der Waals surface area contributed by atoms with Crippen LogP contribution in [0.25, 0.3) is 5.69 Å². The molecule has 2 aromatic rings. The van der Waals surface area contributed by atoms with Crippen molar-refractivity contribution in [3.63, 3.8) is 0 Å². The molecule has 2 rings (SSSR count). The number of hydrogen-bond acceptors (Lipinski definition) is 2.